The van der Waals surface area contributed by atoms with E-state index in [9.17, 15) is 0 Å². The Kier molecular flexibility index (Phi) is 3.40. The molecule has 0 amide bonds. The lowest BCUT2D eigenvalue weighted by Crippen LogP contribution is -2.29. The van der Waals surface area contributed by atoms with Gasteiger partial charge in [-0.15, -0.1) is 0 Å². The zero-order valence-corrected chi connectivity index (χ0v) is 7.97. The van der Waals surface area contributed by atoms with Crippen molar-refractivity contribution in [1.82, 2.24) is 4.90 Å². The largest absolute Gasteiger partial charge is 0.399 e. The van der Waals surface area contributed by atoms with E-state index in [0.29, 0.717) is 18.1 Å². The second-order valence-corrected chi connectivity index (χ2v) is 2.93. The molecule has 1 rings (SSSR count). The smallest absolute Gasteiger partial charge is 0.106 e. The number of rotatable bonds is 2. The summed E-state index contributed by atoms with van der Waals surface area (Å²) in [6.07, 6.45) is 0.893. The molecule has 0 radical (unpaired) electrons. The number of oxime groups is 1. The molecule has 0 aromatic heterocycles. The van der Waals surface area contributed by atoms with Crippen LogP contribution in [-0.4, -0.2) is 42.4 Å². The first-order valence-electron chi connectivity index (χ1n) is 3.80. The van der Waals surface area contributed by atoms with Crippen LogP contribution in [0.25, 0.3) is 0 Å². The average molecular weight is 187 g/mol. The molecular formula is C7H13N3OS. The van der Waals surface area contributed by atoms with Gasteiger partial charge in [0.2, 0.25) is 0 Å². The van der Waals surface area contributed by atoms with Gasteiger partial charge in [0.25, 0.3) is 0 Å². The Morgan fingerprint density at radius 1 is 1.83 bits per heavy atom. The van der Waals surface area contributed by atoms with E-state index in [1.165, 1.54) is 0 Å². The first kappa shape index (κ1) is 9.38. The fourth-order valence-electron chi connectivity index (χ4n) is 1.18. The van der Waals surface area contributed by atoms with Crippen molar-refractivity contribution in [3.63, 3.8) is 0 Å². The van der Waals surface area contributed by atoms with Crippen molar-refractivity contribution >= 4 is 24.2 Å². The number of hydrogen-bond acceptors (Lipinski definition) is 4. The Labute approximate surface area is 77.5 Å². The molecule has 68 valence electrons. The van der Waals surface area contributed by atoms with Gasteiger partial charge in [0.05, 0.1) is 12.3 Å². The van der Waals surface area contributed by atoms with Crippen LogP contribution in [0.2, 0.25) is 0 Å². The summed E-state index contributed by atoms with van der Waals surface area (Å²) in [5.74, 6) is 1.04. The minimum Gasteiger partial charge on any atom is -0.399 e. The fraction of sp³-hybridized carbons (Fsp3) is 0.714. The van der Waals surface area contributed by atoms with E-state index in [1.807, 2.05) is 4.90 Å². The Hall–Kier alpha value is -0.710. The molecule has 1 aliphatic heterocycles. The number of hydrogen-bond donors (Lipinski definition) is 2. The van der Waals surface area contributed by atoms with Gasteiger partial charge in [-0.2, -0.15) is 12.6 Å². The Bertz CT molecular complexity index is 205. The van der Waals surface area contributed by atoms with Gasteiger partial charge in [0.1, 0.15) is 12.9 Å². The van der Waals surface area contributed by atoms with Crippen molar-refractivity contribution in [2.45, 2.75) is 6.42 Å². The number of nitrogens with zero attached hydrogens (tertiary/aromatic N) is 2. The molecule has 1 aliphatic rings. The lowest BCUT2D eigenvalue weighted by Gasteiger charge is -2.15. The Balaban J connectivity index is 2.45. The van der Waals surface area contributed by atoms with Crippen LogP contribution in [0.4, 0.5) is 0 Å². The van der Waals surface area contributed by atoms with Gasteiger partial charge >= 0.3 is 0 Å². The quantitative estimate of drug-likeness (QED) is 0.288. The summed E-state index contributed by atoms with van der Waals surface area (Å²) in [5, 5.41) is 11.4. The second-order valence-electron chi connectivity index (χ2n) is 2.62. The Morgan fingerprint density at radius 2 is 2.58 bits per heavy atom. The van der Waals surface area contributed by atoms with Gasteiger partial charge in [0.15, 0.2) is 0 Å². The van der Waals surface area contributed by atoms with Crippen LogP contribution < -0.4 is 0 Å². The molecule has 0 aromatic carbocycles. The first-order chi connectivity index (χ1) is 5.77. The Morgan fingerprint density at radius 3 is 3.17 bits per heavy atom. The summed E-state index contributed by atoms with van der Waals surface area (Å²) in [7, 11) is 1.54. The monoisotopic (exact) mass is 187 g/mol. The van der Waals surface area contributed by atoms with Crippen LogP contribution in [0.5, 0.6) is 0 Å². The summed E-state index contributed by atoms with van der Waals surface area (Å²) in [4.78, 5) is 6.61. The van der Waals surface area contributed by atoms with Crippen molar-refractivity contribution in [3.8, 4) is 0 Å². The van der Waals surface area contributed by atoms with Gasteiger partial charge in [-0.3, -0.25) is 5.41 Å². The summed E-state index contributed by atoms with van der Waals surface area (Å²) >= 11 is 4.04. The van der Waals surface area contributed by atoms with Crippen molar-refractivity contribution in [2.24, 2.45) is 5.16 Å². The molecular weight excluding hydrogens is 174 g/mol. The number of likely N-dealkylation sites (tertiary alicyclic amines) is 1. The molecule has 1 heterocycles. The van der Waals surface area contributed by atoms with Crippen molar-refractivity contribution < 1.29 is 4.84 Å². The summed E-state index contributed by atoms with van der Waals surface area (Å²) < 4.78 is 0. The number of nitrogens with one attached hydrogen (secondary N) is 1. The van der Waals surface area contributed by atoms with E-state index in [0.717, 1.165) is 18.7 Å². The predicted octanol–water partition coefficient (Wildman–Crippen LogP) is 0.602. The maximum atomic E-state index is 7.51. The van der Waals surface area contributed by atoms with Crippen LogP contribution in [0.3, 0.4) is 0 Å². The molecule has 0 aromatic rings. The molecule has 1 fully saturated rings. The minimum atomic E-state index is 0.486. The third-order valence-electron chi connectivity index (χ3n) is 1.80. The molecule has 0 unspecified atom stereocenters. The molecule has 1 N–H and O–H groups in total. The zero-order valence-electron chi connectivity index (χ0n) is 7.08. The third-order valence-corrected chi connectivity index (χ3v) is 2.10. The second kappa shape index (κ2) is 4.35. The predicted molar refractivity (Wildman–Crippen MR) is 52.2 cm³/mol. The molecule has 1 saturated heterocycles. The van der Waals surface area contributed by atoms with Crippen molar-refractivity contribution in [3.05, 3.63) is 0 Å². The zero-order chi connectivity index (χ0) is 8.97. The maximum Gasteiger partial charge on any atom is 0.106 e. The van der Waals surface area contributed by atoms with Crippen LogP contribution in [-0.2, 0) is 4.84 Å². The minimum absolute atomic E-state index is 0.486. The summed E-state index contributed by atoms with van der Waals surface area (Å²) in [5.41, 5.74) is 1.00. The highest BCUT2D eigenvalue weighted by Crippen LogP contribution is 2.07. The topological polar surface area (TPSA) is 48.7 Å². The van der Waals surface area contributed by atoms with Gasteiger partial charge in [-0.1, -0.05) is 5.16 Å². The van der Waals surface area contributed by atoms with Crippen molar-refractivity contribution in [2.75, 3.05) is 26.0 Å². The van der Waals surface area contributed by atoms with E-state index in [4.69, 9.17) is 5.41 Å². The van der Waals surface area contributed by atoms with Crippen LogP contribution in [0.1, 0.15) is 6.42 Å². The normalized spacial score (nSPS) is 20.2. The standard InChI is InChI=1S/C7H13N3OS/c1-11-9-6-2-3-10(4-6)7(8)5-12/h8,12H,2-5H2,1H3. The molecule has 12 heavy (non-hydrogen) atoms. The van der Waals surface area contributed by atoms with Crippen molar-refractivity contribution in [1.29, 1.82) is 5.41 Å². The van der Waals surface area contributed by atoms with Gasteiger partial charge in [0, 0.05) is 18.7 Å². The average Bonchev–Trinajstić information content (AvgIpc) is 2.52. The number of amidine groups is 1. The SMILES string of the molecule is CON=C1CCN(C(=N)CS)C1. The van der Waals surface area contributed by atoms with Crippen LogP contribution >= 0.6 is 12.6 Å². The highest BCUT2D eigenvalue weighted by Gasteiger charge is 2.19. The van der Waals surface area contributed by atoms with E-state index < -0.39 is 0 Å². The van der Waals surface area contributed by atoms with Crippen LogP contribution in [0.15, 0.2) is 5.16 Å². The summed E-state index contributed by atoms with van der Waals surface area (Å²) in [6.45, 7) is 1.58. The molecule has 0 bridgehead atoms. The van der Waals surface area contributed by atoms with E-state index in [-0.39, 0.29) is 0 Å². The van der Waals surface area contributed by atoms with E-state index in [2.05, 4.69) is 22.6 Å². The number of thiol groups is 1. The maximum absolute atomic E-state index is 7.51. The summed E-state index contributed by atoms with van der Waals surface area (Å²) in [6, 6.07) is 0. The van der Waals surface area contributed by atoms with E-state index >= 15 is 0 Å². The third kappa shape index (κ3) is 2.14. The first-order valence-corrected chi connectivity index (χ1v) is 4.43. The molecule has 0 aliphatic carbocycles. The molecule has 0 spiro atoms. The highest BCUT2D eigenvalue weighted by molar-refractivity contribution is 7.81. The fourth-order valence-corrected chi connectivity index (χ4v) is 1.38. The molecule has 0 atom stereocenters. The molecule has 4 nitrogen and oxygen atoms in total. The van der Waals surface area contributed by atoms with Crippen LogP contribution in [0, 0.1) is 5.41 Å². The highest BCUT2D eigenvalue weighted by atomic mass is 32.1. The lowest BCUT2D eigenvalue weighted by molar-refractivity contribution is 0.212. The molecule has 0 saturated carbocycles. The molecule has 5 heteroatoms. The lowest BCUT2D eigenvalue weighted by atomic mass is 10.3. The van der Waals surface area contributed by atoms with Gasteiger partial charge < -0.3 is 9.74 Å². The van der Waals surface area contributed by atoms with Gasteiger partial charge in [-0.05, 0) is 0 Å². The van der Waals surface area contributed by atoms with E-state index in [1.54, 1.807) is 7.11 Å². The van der Waals surface area contributed by atoms with Gasteiger partial charge in [-0.25, -0.2) is 0 Å².